The number of hydrogen-bond acceptors (Lipinski definition) is 4. The van der Waals surface area contributed by atoms with E-state index in [4.69, 9.17) is 5.11 Å². The second kappa shape index (κ2) is 8.97. The fourth-order valence-electron chi connectivity index (χ4n) is 3.42. The largest absolute Gasteiger partial charge is 0.480 e. The minimum Gasteiger partial charge on any atom is -0.480 e. The third-order valence-corrected chi connectivity index (χ3v) is 6.07. The predicted octanol–water partition coefficient (Wildman–Crippen LogP) is 3.64. The second-order valence-corrected chi connectivity index (χ2v) is 9.47. The van der Waals surface area contributed by atoms with Gasteiger partial charge in [-0.1, -0.05) is 26.0 Å². The molecule has 0 bridgehead atoms. The molecule has 0 radical (unpaired) electrons. The lowest BCUT2D eigenvalue weighted by Gasteiger charge is -2.42. The molecule has 2 saturated carbocycles. The summed E-state index contributed by atoms with van der Waals surface area (Å²) in [6, 6.07) is 8.00. The SMILES string of the molecule is CC(C)Sc1ccccc1NC(=O)NC1CC(N(CC(=O)O)CC2CC2)C1. The van der Waals surface area contributed by atoms with Crippen LogP contribution in [0.4, 0.5) is 10.5 Å². The predicted molar refractivity (Wildman–Crippen MR) is 108 cm³/mol. The number of carboxylic acids is 1. The first kappa shape index (κ1) is 20.0. The number of aliphatic carboxylic acids is 1. The van der Waals surface area contributed by atoms with Gasteiger partial charge < -0.3 is 15.7 Å². The Morgan fingerprint density at radius 1 is 1.26 bits per heavy atom. The van der Waals surface area contributed by atoms with Crippen molar-refractivity contribution in [3.63, 3.8) is 0 Å². The summed E-state index contributed by atoms with van der Waals surface area (Å²) in [7, 11) is 0. The number of nitrogens with one attached hydrogen (secondary N) is 2. The molecule has 2 aliphatic rings. The second-order valence-electron chi connectivity index (χ2n) is 7.85. The lowest BCUT2D eigenvalue weighted by molar-refractivity contribution is -0.139. The number of anilines is 1. The number of benzene rings is 1. The molecular weight excluding hydrogens is 362 g/mol. The van der Waals surface area contributed by atoms with Crippen molar-refractivity contribution in [2.75, 3.05) is 18.4 Å². The van der Waals surface area contributed by atoms with Crippen LogP contribution in [-0.2, 0) is 4.79 Å². The molecule has 0 aromatic heterocycles. The van der Waals surface area contributed by atoms with Gasteiger partial charge in [0.05, 0.1) is 12.2 Å². The Bertz CT molecular complexity index is 672. The highest BCUT2D eigenvalue weighted by Crippen LogP contribution is 2.34. The van der Waals surface area contributed by atoms with E-state index < -0.39 is 5.97 Å². The Morgan fingerprint density at radius 2 is 1.96 bits per heavy atom. The molecule has 2 aliphatic carbocycles. The van der Waals surface area contributed by atoms with Crippen molar-refractivity contribution in [3.8, 4) is 0 Å². The Morgan fingerprint density at radius 3 is 2.59 bits per heavy atom. The van der Waals surface area contributed by atoms with E-state index >= 15 is 0 Å². The molecule has 27 heavy (non-hydrogen) atoms. The van der Waals surface area contributed by atoms with Crippen molar-refractivity contribution in [3.05, 3.63) is 24.3 Å². The van der Waals surface area contributed by atoms with Crippen molar-refractivity contribution in [2.24, 2.45) is 5.92 Å². The summed E-state index contributed by atoms with van der Waals surface area (Å²) < 4.78 is 0. The Kier molecular flexibility index (Phi) is 6.65. The van der Waals surface area contributed by atoms with Gasteiger partial charge in [-0.2, -0.15) is 0 Å². The van der Waals surface area contributed by atoms with E-state index in [0.717, 1.165) is 30.0 Å². The van der Waals surface area contributed by atoms with E-state index in [1.807, 2.05) is 24.3 Å². The minimum absolute atomic E-state index is 0.0971. The summed E-state index contributed by atoms with van der Waals surface area (Å²) in [5, 5.41) is 15.5. The van der Waals surface area contributed by atoms with Crippen LogP contribution in [0.15, 0.2) is 29.2 Å². The number of para-hydroxylation sites is 1. The highest BCUT2D eigenvalue weighted by molar-refractivity contribution is 8.00. The number of nitrogens with zero attached hydrogens (tertiary/aromatic N) is 1. The zero-order valence-electron chi connectivity index (χ0n) is 16.0. The molecule has 0 spiro atoms. The number of carbonyl (C=O) groups excluding carboxylic acids is 1. The van der Waals surface area contributed by atoms with Gasteiger partial charge in [-0.05, 0) is 43.7 Å². The average molecular weight is 392 g/mol. The molecule has 0 aliphatic heterocycles. The van der Waals surface area contributed by atoms with Gasteiger partial charge in [-0.25, -0.2) is 4.79 Å². The molecule has 1 aromatic rings. The van der Waals surface area contributed by atoms with Gasteiger partial charge >= 0.3 is 12.0 Å². The molecule has 3 rings (SSSR count). The first-order valence-corrected chi connectivity index (χ1v) is 10.6. The molecule has 7 heteroatoms. The van der Waals surface area contributed by atoms with E-state index in [1.165, 1.54) is 12.8 Å². The molecule has 0 unspecified atom stereocenters. The van der Waals surface area contributed by atoms with Crippen LogP contribution in [0.5, 0.6) is 0 Å². The van der Waals surface area contributed by atoms with Crippen molar-refractivity contribution in [1.29, 1.82) is 0 Å². The van der Waals surface area contributed by atoms with Crippen LogP contribution in [0, 0.1) is 5.92 Å². The number of carboxylic acid groups (broad SMARTS) is 1. The monoisotopic (exact) mass is 391 g/mol. The summed E-state index contributed by atoms with van der Waals surface area (Å²) >= 11 is 1.72. The maximum absolute atomic E-state index is 12.4. The summed E-state index contributed by atoms with van der Waals surface area (Å²) in [6.07, 6.45) is 4.05. The van der Waals surface area contributed by atoms with Crippen LogP contribution in [0.1, 0.15) is 39.5 Å². The van der Waals surface area contributed by atoms with E-state index in [-0.39, 0.29) is 24.7 Å². The highest BCUT2D eigenvalue weighted by Gasteiger charge is 2.37. The Hall–Kier alpha value is -1.73. The van der Waals surface area contributed by atoms with Gasteiger partial charge in [0, 0.05) is 28.8 Å². The molecule has 0 atom stereocenters. The normalized spacial score (nSPS) is 21.8. The molecule has 0 saturated heterocycles. The van der Waals surface area contributed by atoms with Gasteiger partial charge in [0.2, 0.25) is 0 Å². The van der Waals surface area contributed by atoms with Crippen molar-refractivity contribution < 1.29 is 14.7 Å². The van der Waals surface area contributed by atoms with Gasteiger partial charge in [-0.3, -0.25) is 9.69 Å². The smallest absolute Gasteiger partial charge is 0.319 e. The van der Waals surface area contributed by atoms with E-state index in [2.05, 4.69) is 29.4 Å². The van der Waals surface area contributed by atoms with Gasteiger partial charge in [-0.15, -0.1) is 11.8 Å². The number of hydrogen-bond donors (Lipinski definition) is 3. The minimum atomic E-state index is -0.774. The van der Waals surface area contributed by atoms with E-state index in [0.29, 0.717) is 11.2 Å². The maximum Gasteiger partial charge on any atom is 0.319 e. The molecule has 148 valence electrons. The molecule has 1 aromatic carbocycles. The quantitative estimate of drug-likeness (QED) is 0.560. The molecule has 0 heterocycles. The van der Waals surface area contributed by atoms with Crippen LogP contribution in [0.3, 0.4) is 0 Å². The van der Waals surface area contributed by atoms with Crippen LogP contribution in [0.25, 0.3) is 0 Å². The third-order valence-electron chi connectivity index (χ3n) is 4.99. The van der Waals surface area contributed by atoms with Crippen LogP contribution < -0.4 is 10.6 Å². The van der Waals surface area contributed by atoms with Crippen LogP contribution in [0.2, 0.25) is 0 Å². The number of rotatable bonds is 9. The van der Waals surface area contributed by atoms with Gasteiger partial charge in [0.1, 0.15) is 0 Å². The molecular formula is C20H29N3O3S. The summed E-state index contributed by atoms with van der Waals surface area (Å²) in [5.74, 6) is -0.112. The third kappa shape index (κ3) is 6.14. The fourth-order valence-corrected chi connectivity index (χ4v) is 4.33. The van der Waals surface area contributed by atoms with Crippen molar-refractivity contribution >= 4 is 29.4 Å². The number of thioether (sulfide) groups is 1. The summed E-state index contributed by atoms with van der Waals surface area (Å²) in [5.41, 5.74) is 0.825. The highest BCUT2D eigenvalue weighted by atomic mass is 32.2. The number of amides is 2. The Labute approximate surface area is 165 Å². The van der Waals surface area contributed by atoms with E-state index in [9.17, 15) is 9.59 Å². The first-order valence-electron chi connectivity index (χ1n) is 9.69. The van der Waals surface area contributed by atoms with Crippen LogP contribution >= 0.6 is 11.8 Å². The first-order chi connectivity index (χ1) is 12.9. The van der Waals surface area contributed by atoms with Gasteiger partial charge in [0.25, 0.3) is 0 Å². The average Bonchev–Trinajstić information content (AvgIpc) is 3.35. The van der Waals surface area contributed by atoms with Crippen LogP contribution in [-0.4, -0.2) is 52.4 Å². The lowest BCUT2D eigenvalue weighted by atomic mass is 9.85. The number of carbonyl (C=O) groups is 2. The summed E-state index contributed by atoms with van der Waals surface area (Å²) in [4.78, 5) is 26.6. The zero-order valence-corrected chi connectivity index (χ0v) is 16.8. The zero-order chi connectivity index (χ0) is 19.4. The molecule has 2 fully saturated rings. The molecule has 3 N–H and O–H groups in total. The summed E-state index contributed by atoms with van der Waals surface area (Å²) in [6.45, 7) is 5.22. The maximum atomic E-state index is 12.4. The van der Waals surface area contributed by atoms with Crippen molar-refractivity contribution in [1.82, 2.24) is 10.2 Å². The molecule has 2 amide bonds. The topological polar surface area (TPSA) is 81.7 Å². The molecule has 6 nitrogen and oxygen atoms in total. The van der Waals surface area contributed by atoms with Gasteiger partial charge in [0.15, 0.2) is 0 Å². The van der Waals surface area contributed by atoms with Crippen molar-refractivity contribution in [2.45, 2.75) is 61.8 Å². The Balaban J connectivity index is 1.46. The number of urea groups is 1. The standard InChI is InChI=1S/C20H29N3O3S/c1-13(2)27-18-6-4-3-5-17(18)22-20(26)21-15-9-16(10-15)23(12-19(24)25)11-14-7-8-14/h3-6,13-16H,7-12H2,1-2H3,(H,24,25)(H2,21,22,26). The fraction of sp³-hybridized carbons (Fsp3) is 0.600. The van der Waals surface area contributed by atoms with E-state index in [1.54, 1.807) is 11.8 Å². The lowest BCUT2D eigenvalue weighted by Crippen LogP contribution is -2.55.